The summed E-state index contributed by atoms with van der Waals surface area (Å²) in [7, 11) is 0. The van der Waals surface area contributed by atoms with Crippen molar-refractivity contribution >= 4 is 17.1 Å². The zero-order chi connectivity index (χ0) is 29.1. The number of halogens is 5. The summed E-state index contributed by atoms with van der Waals surface area (Å²) in [4.78, 5) is 13.9. The van der Waals surface area contributed by atoms with E-state index in [0.717, 1.165) is 59.9 Å². The Kier molecular flexibility index (Phi) is 8.59. The number of allylic oxidation sites excluding steroid dienone is 1. The first-order chi connectivity index (χ1) is 19.6. The predicted molar refractivity (Wildman–Crippen MR) is 149 cm³/mol. The minimum absolute atomic E-state index is 0.116. The van der Waals surface area contributed by atoms with Crippen molar-refractivity contribution in [2.24, 2.45) is 5.92 Å². The molecule has 1 aliphatic carbocycles. The number of carbonyl (C=O) groups is 1. The molecule has 41 heavy (non-hydrogen) atoms. The number of hydrogen-bond acceptors (Lipinski definition) is 2. The Balaban J connectivity index is 1.56. The molecule has 0 amide bonds. The molecular weight excluding hydrogens is 537 g/mol. The van der Waals surface area contributed by atoms with Crippen LogP contribution in [0.1, 0.15) is 63.0 Å². The number of aryl methyl sites for hydroxylation is 1. The minimum Gasteiger partial charge on any atom is -0.478 e. The fourth-order valence-electron chi connectivity index (χ4n) is 6.15. The molecule has 2 aliphatic rings. The maximum atomic E-state index is 14.2. The van der Waals surface area contributed by atoms with Crippen molar-refractivity contribution < 1.29 is 31.9 Å². The average molecular weight is 570 g/mol. The lowest BCUT2D eigenvalue weighted by atomic mass is 9.84. The lowest BCUT2D eigenvalue weighted by Crippen LogP contribution is -2.47. The summed E-state index contributed by atoms with van der Waals surface area (Å²) in [6, 6.07) is 16.5. The Hall–Kier alpha value is -3.52. The van der Waals surface area contributed by atoms with Crippen LogP contribution in [-0.2, 0) is 19.3 Å². The van der Waals surface area contributed by atoms with Gasteiger partial charge in [0.25, 0.3) is 0 Å². The number of carboxylic acids is 1. The summed E-state index contributed by atoms with van der Waals surface area (Å²) in [5, 5.41) is 9.55. The van der Waals surface area contributed by atoms with Gasteiger partial charge in [-0.15, -0.1) is 0 Å². The van der Waals surface area contributed by atoms with E-state index in [2.05, 4.69) is 4.90 Å². The van der Waals surface area contributed by atoms with Crippen molar-refractivity contribution in [3.05, 3.63) is 105 Å². The summed E-state index contributed by atoms with van der Waals surface area (Å²) in [5.74, 6) is -1.27. The van der Waals surface area contributed by atoms with Gasteiger partial charge in [-0.1, -0.05) is 36.4 Å². The van der Waals surface area contributed by atoms with Gasteiger partial charge < -0.3 is 10.0 Å². The van der Waals surface area contributed by atoms with Gasteiger partial charge in [-0.2, -0.15) is 13.2 Å². The molecular formula is C33H32F5NO2. The molecule has 0 atom stereocenters. The Morgan fingerprint density at radius 1 is 0.951 bits per heavy atom. The second-order valence-electron chi connectivity index (χ2n) is 11.0. The third-order valence-electron chi connectivity index (χ3n) is 7.99. The van der Waals surface area contributed by atoms with Crippen molar-refractivity contribution in [3.63, 3.8) is 0 Å². The summed E-state index contributed by atoms with van der Waals surface area (Å²) in [6.45, 7) is 2.33. The van der Waals surface area contributed by atoms with E-state index in [1.54, 1.807) is 12.1 Å². The number of carboxylic acid groups (broad SMARTS) is 1. The van der Waals surface area contributed by atoms with Crippen LogP contribution in [0.3, 0.4) is 0 Å². The first-order valence-electron chi connectivity index (χ1n) is 13.9. The van der Waals surface area contributed by atoms with E-state index in [1.807, 2.05) is 24.3 Å². The number of fused-ring (bicyclic) bond motifs is 1. The largest absolute Gasteiger partial charge is 0.478 e. The van der Waals surface area contributed by atoms with Crippen LogP contribution in [0, 0.1) is 11.7 Å². The molecule has 0 aromatic heterocycles. The molecule has 1 fully saturated rings. The summed E-state index contributed by atoms with van der Waals surface area (Å²) in [5.41, 5.74) is 5.40. The van der Waals surface area contributed by atoms with E-state index >= 15 is 0 Å². The fourth-order valence-corrected chi connectivity index (χ4v) is 6.15. The molecule has 1 heterocycles. The average Bonchev–Trinajstić information content (AvgIpc) is 3.08. The molecule has 216 valence electrons. The molecule has 3 nitrogen and oxygen atoms in total. The number of nitrogens with zero attached hydrogens (tertiary/aromatic N) is 1. The standard InChI is InChI=1S/C33H32F5NO2/c34-13-2-14-39-19-22(20-39)15-21-5-7-23(8-6-21)31-29-11-9-25(32(40)41)16-24(29)3-1-4-30(31)28-12-10-27(35)17-26(28)18-33(36,37)38/h5-12,16-17,22H,1-4,13-15,18-20H2,(H,40,41). The van der Waals surface area contributed by atoms with Crippen LogP contribution in [0.15, 0.2) is 60.7 Å². The van der Waals surface area contributed by atoms with Crippen molar-refractivity contribution in [1.29, 1.82) is 0 Å². The smallest absolute Gasteiger partial charge is 0.393 e. The maximum absolute atomic E-state index is 14.2. The van der Waals surface area contributed by atoms with E-state index in [9.17, 15) is 31.9 Å². The Morgan fingerprint density at radius 3 is 2.37 bits per heavy atom. The lowest BCUT2D eigenvalue weighted by molar-refractivity contribution is -0.127. The molecule has 1 saturated heterocycles. The number of alkyl halides is 4. The van der Waals surface area contributed by atoms with Crippen molar-refractivity contribution in [1.82, 2.24) is 4.90 Å². The number of likely N-dealkylation sites (tertiary alicyclic amines) is 1. The van der Waals surface area contributed by atoms with Gasteiger partial charge in [0.1, 0.15) is 5.82 Å². The maximum Gasteiger partial charge on any atom is 0.393 e. The topological polar surface area (TPSA) is 40.5 Å². The van der Waals surface area contributed by atoms with E-state index in [-0.39, 0.29) is 17.8 Å². The van der Waals surface area contributed by atoms with Crippen LogP contribution in [0.2, 0.25) is 0 Å². The van der Waals surface area contributed by atoms with Crippen LogP contribution in [0.25, 0.3) is 11.1 Å². The Bertz CT molecular complexity index is 1440. The first kappa shape index (κ1) is 29.0. The van der Waals surface area contributed by atoms with E-state index in [1.165, 1.54) is 18.2 Å². The first-order valence-corrected chi connectivity index (χ1v) is 13.9. The van der Waals surface area contributed by atoms with Gasteiger partial charge >= 0.3 is 12.1 Å². The molecule has 3 aromatic carbocycles. The van der Waals surface area contributed by atoms with Gasteiger partial charge in [0.15, 0.2) is 0 Å². The molecule has 0 unspecified atom stereocenters. The van der Waals surface area contributed by atoms with Gasteiger partial charge in [0.05, 0.1) is 18.7 Å². The van der Waals surface area contributed by atoms with Crippen LogP contribution in [-0.4, -0.2) is 48.5 Å². The van der Waals surface area contributed by atoms with Gasteiger partial charge in [-0.25, -0.2) is 9.18 Å². The second kappa shape index (κ2) is 12.1. The van der Waals surface area contributed by atoms with Crippen molar-refractivity contribution in [2.75, 3.05) is 26.3 Å². The molecule has 1 aliphatic heterocycles. The Labute approximate surface area is 236 Å². The number of aromatic carboxylic acids is 1. The molecule has 3 aromatic rings. The predicted octanol–water partition coefficient (Wildman–Crippen LogP) is 7.76. The zero-order valence-corrected chi connectivity index (χ0v) is 22.6. The minimum atomic E-state index is -4.51. The SMILES string of the molecule is O=C(O)c1ccc2c(c1)CCCC(c1ccc(F)cc1CC(F)(F)F)=C2c1ccc(CC2CN(CCCF)C2)cc1. The highest BCUT2D eigenvalue weighted by Crippen LogP contribution is 2.42. The third-order valence-corrected chi connectivity index (χ3v) is 7.99. The molecule has 8 heteroatoms. The van der Waals surface area contributed by atoms with Crippen LogP contribution in [0.4, 0.5) is 22.0 Å². The van der Waals surface area contributed by atoms with Gasteiger partial charge in [-0.3, -0.25) is 4.39 Å². The highest BCUT2D eigenvalue weighted by Gasteiger charge is 2.31. The zero-order valence-electron chi connectivity index (χ0n) is 22.6. The Morgan fingerprint density at radius 2 is 1.68 bits per heavy atom. The molecule has 0 spiro atoms. The van der Waals surface area contributed by atoms with E-state index < -0.39 is 24.4 Å². The van der Waals surface area contributed by atoms with Gasteiger partial charge in [0.2, 0.25) is 0 Å². The number of benzene rings is 3. The monoisotopic (exact) mass is 569 g/mol. The lowest BCUT2D eigenvalue weighted by Gasteiger charge is -2.39. The van der Waals surface area contributed by atoms with Crippen LogP contribution >= 0.6 is 0 Å². The summed E-state index contributed by atoms with van der Waals surface area (Å²) in [6.07, 6.45) is -2.69. The molecule has 0 bridgehead atoms. The summed E-state index contributed by atoms with van der Waals surface area (Å²) < 4.78 is 67.2. The van der Waals surface area contributed by atoms with Crippen LogP contribution in [0.5, 0.6) is 0 Å². The number of rotatable bonds is 9. The molecule has 5 rings (SSSR count). The third kappa shape index (κ3) is 6.87. The quantitative estimate of drug-likeness (QED) is 0.268. The highest BCUT2D eigenvalue weighted by molar-refractivity contribution is 6.01. The number of hydrogen-bond donors (Lipinski definition) is 1. The molecule has 0 radical (unpaired) electrons. The molecule has 1 N–H and O–H groups in total. The van der Waals surface area contributed by atoms with E-state index in [0.29, 0.717) is 42.7 Å². The fraction of sp³-hybridized carbons (Fsp3) is 0.364. The normalized spacial score (nSPS) is 16.3. The van der Waals surface area contributed by atoms with Gasteiger partial charge in [0, 0.05) is 19.6 Å². The van der Waals surface area contributed by atoms with Crippen LogP contribution < -0.4 is 0 Å². The van der Waals surface area contributed by atoms with E-state index in [4.69, 9.17) is 0 Å². The summed E-state index contributed by atoms with van der Waals surface area (Å²) >= 11 is 0. The van der Waals surface area contributed by atoms with Crippen molar-refractivity contribution in [3.8, 4) is 0 Å². The molecule has 0 saturated carbocycles. The second-order valence-corrected chi connectivity index (χ2v) is 11.0. The van der Waals surface area contributed by atoms with Gasteiger partial charge in [-0.05, 0) is 107 Å². The van der Waals surface area contributed by atoms with Crippen molar-refractivity contribution in [2.45, 2.75) is 44.7 Å². The highest BCUT2D eigenvalue weighted by atomic mass is 19.4.